The second-order valence-electron chi connectivity index (χ2n) is 11.3. The predicted octanol–water partition coefficient (Wildman–Crippen LogP) is 7.68. The van der Waals surface area contributed by atoms with E-state index in [1.165, 1.54) is 0 Å². The van der Waals surface area contributed by atoms with Gasteiger partial charge in [0.05, 0.1) is 11.8 Å². The van der Waals surface area contributed by atoms with Gasteiger partial charge in [-0.1, -0.05) is 60.7 Å². The number of alkyl halides is 6. The highest BCUT2D eigenvalue weighted by molar-refractivity contribution is 5.99. The third-order valence-electron chi connectivity index (χ3n) is 8.60. The van der Waals surface area contributed by atoms with Gasteiger partial charge in [0.2, 0.25) is 0 Å². The first-order valence-electron chi connectivity index (χ1n) is 13.5. The Bertz CT molecular complexity index is 1310. The zero-order valence-corrected chi connectivity index (χ0v) is 21.7. The third-order valence-corrected chi connectivity index (χ3v) is 8.60. The molecule has 10 heteroatoms. The monoisotopic (exact) mass is 576 g/mol. The standard InChI is InChI=1S/C31H26F6O4/c32-30(33,34)19-11-23(38)27-21(17-7-3-1-4-8-17)15-29(40-25(27)13-19)16-22(18-9-5-2-6-10-18)28-24(39)12-20(31(35,36)37)14-26(28)41-29/h1-10,19-22H,11-16H2. The molecule has 4 nitrogen and oxygen atoms in total. The maximum Gasteiger partial charge on any atom is 0.392 e. The van der Waals surface area contributed by atoms with Crippen molar-refractivity contribution >= 4 is 11.6 Å². The van der Waals surface area contributed by atoms with Crippen LogP contribution in [-0.4, -0.2) is 29.7 Å². The lowest BCUT2D eigenvalue weighted by atomic mass is 9.70. The maximum absolute atomic E-state index is 13.8. The van der Waals surface area contributed by atoms with E-state index in [4.69, 9.17) is 9.47 Å². The molecule has 2 aromatic rings. The number of carbonyl (C=O) groups excluding carboxylic acids is 2. The first-order chi connectivity index (χ1) is 19.3. The van der Waals surface area contributed by atoms with Gasteiger partial charge in [0.1, 0.15) is 11.5 Å². The van der Waals surface area contributed by atoms with E-state index in [-0.39, 0.29) is 35.5 Å². The number of halogens is 6. The number of Topliss-reactive ketones (excluding diaryl/α,β-unsaturated/α-hetero) is 2. The Morgan fingerprint density at radius 2 is 0.951 bits per heavy atom. The highest BCUT2D eigenvalue weighted by Gasteiger charge is 2.57. The summed E-state index contributed by atoms with van der Waals surface area (Å²) in [5.41, 5.74) is 1.62. The van der Waals surface area contributed by atoms with Gasteiger partial charge in [-0.2, -0.15) is 26.3 Å². The molecule has 0 N–H and O–H groups in total. The molecule has 6 rings (SSSR count). The van der Waals surface area contributed by atoms with Crippen LogP contribution in [0, 0.1) is 11.8 Å². The number of ketones is 2. The third kappa shape index (κ3) is 5.06. The summed E-state index contributed by atoms with van der Waals surface area (Å²) in [4.78, 5) is 26.4. The largest absolute Gasteiger partial charge is 0.456 e. The fourth-order valence-electron chi connectivity index (χ4n) is 6.71. The molecular weight excluding hydrogens is 550 g/mol. The average molecular weight is 577 g/mol. The second kappa shape index (κ2) is 9.77. The summed E-state index contributed by atoms with van der Waals surface area (Å²) >= 11 is 0. The fraction of sp³-hybridized carbons (Fsp3) is 0.419. The molecule has 0 radical (unpaired) electrons. The average Bonchev–Trinajstić information content (AvgIpc) is 2.91. The van der Waals surface area contributed by atoms with Crippen LogP contribution in [0.2, 0.25) is 0 Å². The zero-order chi connectivity index (χ0) is 29.2. The Labute approximate surface area is 232 Å². The first-order valence-corrected chi connectivity index (χ1v) is 13.5. The number of hydrogen-bond donors (Lipinski definition) is 0. The van der Waals surface area contributed by atoms with Crippen molar-refractivity contribution in [1.82, 2.24) is 0 Å². The molecule has 4 aliphatic rings. The molecule has 41 heavy (non-hydrogen) atoms. The van der Waals surface area contributed by atoms with Crippen molar-refractivity contribution in [2.45, 2.75) is 68.5 Å². The van der Waals surface area contributed by atoms with Crippen molar-refractivity contribution in [2.24, 2.45) is 11.8 Å². The number of carbonyl (C=O) groups is 2. The van der Waals surface area contributed by atoms with E-state index < -0.39 is 79.1 Å². The Hall–Kier alpha value is -3.56. The van der Waals surface area contributed by atoms with E-state index in [9.17, 15) is 35.9 Å². The van der Waals surface area contributed by atoms with E-state index in [0.717, 1.165) is 0 Å². The van der Waals surface area contributed by atoms with Crippen LogP contribution in [0.3, 0.4) is 0 Å². The van der Waals surface area contributed by atoms with Crippen molar-refractivity contribution < 1.29 is 45.4 Å². The van der Waals surface area contributed by atoms with Gasteiger partial charge in [-0.15, -0.1) is 0 Å². The Kier molecular flexibility index (Phi) is 6.58. The summed E-state index contributed by atoms with van der Waals surface area (Å²) in [6, 6.07) is 17.5. The minimum Gasteiger partial charge on any atom is -0.456 e. The molecule has 0 saturated carbocycles. The molecule has 0 amide bonds. The number of rotatable bonds is 2. The molecule has 216 valence electrons. The van der Waals surface area contributed by atoms with Crippen LogP contribution >= 0.6 is 0 Å². The topological polar surface area (TPSA) is 52.6 Å². The lowest BCUT2D eigenvalue weighted by molar-refractivity contribution is -0.239. The summed E-state index contributed by atoms with van der Waals surface area (Å²) < 4.78 is 95.4. The first kappa shape index (κ1) is 27.6. The van der Waals surface area contributed by atoms with Crippen LogP contribution in [-0.2, 0) is 19.1 Å². The number of benzene rings is 2. The Balaban J connectivity index is 1.48. The van der Waals surface area contributed by atoms with Gasteiger partial charge in [0.15, 0.2) is 11.6 Å². The van der Waals surface area contributed by atoms with E-state index in [1.807, 2.05) is 0 Å². The summed E-state index contributed by atoms with van der Waals surface area (Å²) in [5, 5.41) is 0. The molecule has 1 spiro atoms. The molecule has 2 aromatic carbocycles. The molecule has 0 fully saturated rings. The van der Waals surface area contributed by atoms with Crippen molar-refractivity contribution in [1.29, 1.82) is 0 Å². The van der Waals surface area contributed by atoms with Crippen molar-refractivity contribution in [2.75, 3.05) is 0 Å². The lowest BCUT2D eigenvalue weighted by Crippen LogP contribution is -2.49. The quantitative estimate of drug-likeness (QED) is 0.344. The predicted molar refractivity (Wildman–Crippen MR) is 134 cm³/mol. The van der Waals surface area contributed by atoms with Gasteiger partial charge in [-0.3, -0.25) is 9.59 Å². The molecule has 0 bridgehead atoms. The molecule has 2 aliphatic carbocycles. The number of ether oxygens (including phenoxy) is 2. The molecule has 2 heterocycles. The van der Waals surface area contributed by atoms with Crippen LogP contribution < -0.4 is 0 Å². The van der Waals surface area contributed by atoms with Gasteiger partial charge in [0.25, 0.3) is 5.79 Å². The minimum absolute atomic E-state index is 0.0107. The zero-order valence-electron chi connectivity index (χ0n) is 21.7. The summed E-state index contributed by atoms with van der Waals surface area (Å²) in [6.45, 7) is 0. The van der Waals surface area contributed by atoms with Gasteiger partial charge in [-0.05, 0) is 11.1 Å². The number of hydrogen-bond acceptors (Lipinski definition) is 4. The number of allylic oxidation sites excluding steroid dienone is 4. The minimum atomic E-state index is -4.64. The van der Waals surface area contributed by atoms with E-state index in [2.05, 4.69) is 0 Å². The van der Waals surface area contributed by atoms with Crippen molar-refractivity contribution in [3.63, 3.8) is 0 Å². The van der Waals surface area contributed by atoms with Crippen LogP contribution in [0.25, 0.3) is 0 Å². The Morgan fingerprint density at radius 1 is 0.585 bits per heavy atom. The van der Waals surface area contributed by atoms with E-state index in [1.54, 1.807) is 60.7 Å². The van der Waals surface area contributed by atoms with Crippen LogP contribution in [0.4, 0.5) is 26.3 Å². The summed E-state index contributed by atoms with van der Waals surface area (Å²) in [6.07, 6.45) is -11.9. The fourth-order valence-corrected chi connectivity index (χ4v) is 6.71. The van der Waals surface area contributed by atoms with Gasteiger partial charge < -0.3 is 9.47 Å². The maximum atomic E-state index is 13.8. The van der Waals surface area contributed by atoms with E-state index in [0.29, 0.717) is 11.1 Å². The lowest BCUT2D eigenvalue weighted by Gasteiger charge is -2.50. The van der Waals surface area contributed by atoms with Crippen molar-refractivity contribution in [3.05, 3.63) is 94.5 Å². The summed E-state index contributed by atoms with van der Waals surface area (Å²) in [7, 11) is 0. The molecule has 0 aromatic heterocycles. The normalized spacial score (nSPS) is 30.5. The van der Waals surface area contributed by atoms with Gasteiger partial charge in [0, 0.05) is 61.5 Å². The van der Waals surface area contributed by atoms with Crippen LogP contribution in [0.15, 0.2) is 83.3 Å². The van der Waals surface area contributed by atoms with E-state index >= 15 is 0 Å². The molecule has 0 saturated heterocycles. The van der Waals surface area contributed by atoms with Crippen LogP contribution in [0.1, 0.15) is 61.5 Å². The molecule has 2 aliphatic heterocycles. The highest BCUT2D eigenvalue weighted by atomic mass is 19.4. The SMILES string of the molecule is O=C1CC(C(F)(F)F)CC2=C1C(c1ccccc1)CC1(CC(c3ccccc3)C3=C(CC(C(F)(F)F)CC3=O)O1)O2. The highest BCUT2D eigenvalue weighted by Crippen LogP contribution is 2.57. The second-order valence-corrected chi connectivity index (χ2v) is 11.3. The van der Waals surface area contributed by atoms with Gasteiger partial charge >= 0.3 is 12.4 Å². The summed E-state index contributed by atoms with van der Waals surface area (Å²) in [5.74, 6) is -8.60. The molecule has 4 unspecified atom stereocenters. The Morgan fingerprint density at radius 3 is 1.29 bits per heavy atom. The molecular formula is C31H26F6O4. The smallest absolute Gasteiger partial charge is 0.392 e. The van der Waals surface area contributed by atoms with Crippen LogP contribution in [0.5, 0.6) is 0 Å². The van der Waals surface area contributed by atoms with Crippen molar-refractivity contribution in [3.8, 4) is 0 Å². The molecule has 4 atom stereocenters. The van der Waals surface area contributed by atoms with Gasteiger partial charge in [-0.25, -0.2) is 0 Å².